The highest BCUT2D eigenvalue weighted by Gasteiger charge is 2.06. The summed E-state index contributed by atoms with van der Waals surface area (Å²) in [5.41, 5.74) is 6.41. The standard InChI is InChI=1S/C12H9ClF2N2/c13-7-1-3-9(15)12(5-7)17-11-4-2-8(14)6-10(11)16/h1-6,17H,16H2. The Morgan fingerprint density at radius 3 is 2.47 bits per heavy atom. The van der Waals surface area contributed by atoms with Crippen LogP contribution in [0, 0.1) is 11.6 Å². The van der Waals surface area contributed by atoms with Crippen LogP contribution >= 0.6 is 11.6 Å². The molecule has 2 aromatic rings. The van der Waals surface area contributed by atoms with Crippen molar-refractivity contribution in [3.63, 3.8) is 0 Å². The minimum absolute atomic E-state index is 0.191. The SMILES string of the molecule is Nc1cc(F)ccc1Nc1cc(Cl)ccc1F. The number of anilines is 3. The van der Waals surface area contributed by atoms with Gasteiger partial charge < -0.3 is 11.1 Å². The van der Waals surface area contributed by atoms with E-state index in [1.54, 1.807) is 0 Å². The van der Waals surface area contributed by atoms with E-state index < -0.39 is 11.6 Å². The summed E-state index contributed by atoms with van der Waals surface area (Å²) < 4.78 is 26.3. The average molecular weight is 255 g/mol. The van der Waals surface area contributed by atoms with Crippen LogP contribution in [0.3, 0.4) is 0 Å². The predicted octanol–water partition coefficient (Wildman–Crippen LogP) is 3.94. The van der Waals surface area contributed by atoms with E-state index in [1.807, 2.05) is 0 Å². The Kier molecular flexibility index (Phi) is 3.15. The number of nitrogen functional groups attached to an aromatic ring is 1. The summed E-state index contributed by atoms with van der Waals surface area (Å²) in [7, 11) is 0. The van der Waals surface area contributed by atoms with Crippen molar-refractivity contribution in [1.29, 1.82) is 0 Å². The molecule has 0 aliphatic carbocycles. The van der Waals surface area contributed by atoms with Crippen LogP contribution in [0.4, 0.5) is 25.8 Å². The van der Waals surface area contributed by atoms with Crippen LogP contribution in [0.2, 0.25) is 5.02 Å². The molecular formula is C12H9ClF2N2. The van der Waals surface area contributed by atoms with Crippen molar-refractivity contribution in [2.45, 2.75) is 0 Å². The first-order valence-electron chi connectivity index (χ1n) is 4.83. The third kappa shape index (κ3) is 2.65. The number of nitrogens with one attached hydrogen (secondary N) is 1. The number of nitrogens with two attached hydrogens (primary N) is 1. The van der Waals surface area contributed by atoms with Crippen molar-refractivity contribution in [3.05, 3.63) is 53.1 Å². The van der Waals surface area contributed by atoms with E-state index >= 15 is 0 Å². The van der Waals surface area contributed by atoms with E-state index in [9.17, 15) is 8.78 Å². The molecule has 0 radical (unpaired) electrons. The molecule has 2 nitrogen and oxygen atoms in total. The second-order valence-electron chi connectivity index (χ2n) is 3.48. The first-order chi connectivity index (χ1) is 8.06. The number of benzene rings is 2. The zero-order valence-electron chi connectivity index (χ0n) is 8.68. The fourth-order valence-corrected chi connectivity index (χ4v) is 1.56. The number of hydrogen-bond acceptors (Lipinski definition) is 2. The first kappa shape index (κ1) is 11.7. The zero-order chi connectivity index (χ0) is 12.4. The van der Waals surface area contributed by atoms with Gasteiger partial charge in [-0.3, -0.25) is 0 Å². The first-order valence-corrected chi connectivity index (χ1v) is 5.21. The van der Waals surface area contributed by atoms with Crippen LogP contribution in [-0.4, -0.2) is 0 Å². The minimum atomic E-state index is -0.460. The van der Waals surface area contributed by atoms with Crippen molar-refractivity contribution >= 4 is 28.7 Å². The molecule has 2 rings (SSSR count). The minimum Gasteiger partial charge on any atom is -0.397 e. The second-order valence-corrected chi connectivity index (χ2v) is 3.92. The summed E-state index contributed by atoms with van der Waals surface area (Å²) in [5, 5.41) is 3.16. The largest absolute Gasteiger partial charge is 0.397 e. The molecule has 0 unspecified atom stereocenters. The molecule has 88 valence electrons. The fraction of sp³-hybridized carbons (Fsp3) is 0. The molecule has 0 bridgehead atoms. The van der Waals surface area contributed by atoms with Crippen LogP contribution in [0.5, 0.6) is 0 Å². The van der Waals surface area contributed by atoms with Gasteiger partial charge in [-0.2, -0.15) is 0 Å². The number of hydrogen-bond donors (Lipinski definition) is 2. The average Bonchev–Trinajstić information content (AvgIpc) is 2.27. The second kappa shape index (κ2) is 4.59. The highest BCUT2D eigenvalue weighted by Crippen LogP contribution is 2.27. The Balaban J connectivity index is 2.34. The van der Waals surface area contributed by atoms with Gasteiger partial charge in [0.15, 0.2) is 0 Å². The van der Waals surface area contributed by atoms with Gasteiger partial charge in [-0.15, -0.1) is 0 Å². The van der Waals surface area contributed by atoms with E-state index in [0.29, 0.717) is 10.7 Å². The van der Waals surface area contributed by atoms with Gasteiger partial charge in [0.05, 0.1) is 17.1 Å². The van der Waals surface area contributed by atoms with E-state index in [2.05, 4.69) is 5.32 Å². The van der Waals surface area contributed by atoms with Crippen LogP contribution in [0.15, 0.2) is 36.4 Å². The Morgan fingerprint density at radius 1 is 1.00 bits per heavy atom. The maximum Gasteiger partial charge on any atom is 0.146 e. The Labute approximate surface area is 102 Å². The third-order valence-corrected chi connectivity index (χ3v) is 2.45. The van der Waals surface area contributed by atoms with Gasteiger partial charge >= 0.3 is 0 Å². The molecule has 0 saturated carbocycles. The summed E-state index contributed by atoms with van der Waals surface area (Å²) in [6.07, 6.45) is 0. The highest BCUT2D eigenvalue weighted by molar-refractivity contribution is 6.30. The van der Waals surface area contributed by atoms with Gasteiger partial charge in [-0.1, -0.05) is 11.6 Å². The molecule has 0 heterocycles. The van der Waals surface area contributed by atoms with Crippen LogP contribution in [0.25, 0.3) is 0 Å². The van der Waals surface area contributed by atoms with Gasteiger partial charge in [0, 0.05) is 5.02 Å². The molecule has 5 heteroatoms. The monoisotopic (exact) mass is 254 g/mol. The molecule has 3 N–H and O–H groups in total. The molecule has 2 aromatic carbocycles. The topological polar surface area (TPSA) is 38.0 Å². The molecule has 0 amide bonds. The van der Waals surface area contributed by atoms with E-state index in [0.717, 1.165) is 6.07 Å². The van der Waals surface area contributed by atoms with Crippen molar-refractivity contribution in [2.24, 2.45) is 0 Å². The summed E-state index contributed by atoms with van der Waals surface area (Å²) in [6.45, 7) is 0. The third-order valence-electron chi connectivity index (χ3n) is 2.21. The van der Waals surface area contributed by atoms with E-state index in [-0.39, 0.29) is 11.4 Å². The van der Waals surface area contributed by atoms with Crippen LogP contribution in [0.1, 0.15) is 0 Å². The van der Waals surface area contributed by atoms with Crippen LogP contribution < -0.4 is 11.1 Å². The van der Waals surface area contributed by atoms with Crippen LogP contribution in [-0.2, 0) is 0 Å². The van der Waals surface area contributed by atoms with Crippen molar-refractivity contribution in [1.82, 2.24) is 0 Å². The lowest BCUT2D eigenvalue weighted by atomic mass is 10.2. The molecule has 0 saturated heterocycles. The molecule has 0 spiro atoms. The molecule has 0 aromatic heterocycles. The lowest BCUT2D eigenvalue weighted by molar-refractivity contribution is 0.628. The summed E-state index contributed by atoms with van der Waals surface area (Å²) in [6, 6.07) is 7.94. The normalized spacial score (nSPS) is 10.3. The van der Waals surface area contributed by atoms with Crippen molar-refractivity contribution in [3.8, 4) is 0 Å². The molecular weight excluding hydrogens is 246 g/mol. The Hall–Kier alpha value is -1.81. The van der Waals surface area contributed by atoms with E-state index in [4.69, 9.17) is 17.3 Å². The summed E-state index contributed by atoms with van der Waals surface area (Å²) >= 11 is 5.75. The van der Waals surface area contributed by atoms with Crippen molar-refractivity contribution < 1.29 is 8.78 Å². The van der Waals surface area contributed by atoms with Crippen molar-refractivity contribution in [2.75, 3.05) is 11.1 Å². The van der Waals surface area contributed by atoms with Gasteiger partial charge in [-0.05, 0) is 36.4 Å². The van der Waals surface area contributed by atoms with Gasteiger partial charge in [0.2, 0.25) is 0 Å². The Bertz CT molecular complexity index is 558. The highest BCUT2D eigenvalue weighted by atomic mass is 35.5. The number of rotatable bonds is 2. The van der Waals surface area contributed by atoms with Gasteiger partial charge in [-0.25, -0.2) is 8.78 Å². The molecule has 0 aliphatic heterocycles. The molecule has 0 atom stereocenters. The summed E-state index contributed by atoms with van der Waals surface area (Å²) in [4.78, 5) is 0. The van der Waals surface area contributed by atoms with E-state index in [1.165, 1.54) is 30.3 Å². The molecule has 0 aliphatic rings. The van der Waals surface area contributed by atoms with Gasteiger partial charge in [0.1, 0.15) is 11.6 Å². The lowest BCUT2D eigenvalue weighted by Gasteiger charge is -2.10. The predicted molar refractivity (Wildman–Crippen MR) is 65.5 cm³/mol. The maximum atomic E-state index is 13.4. The number of halogens is 3. The maximum absolute atomic E-state index is 13.4. The quantitative estimate of drug-likeness (QED) is 0.797. The molecule has 17 heavy (non-hydrogen) atoms. The smallest absolute Gasteiger partial charge is 0.146 e. The summed E-state index contributed by atoms with van der Waals surface area (Å²) in [5.74, 6) is -0.905. The zero-order valence-corrected chi connectivity index (χ0v) is 9.43. The lowest BCUT2D eigenvalue weighted by Crippen LogP contribution is -1.98. The van der Waals surface area contributed by atoms with Gasteiger partial charge in [0.25, 0.3) is 0 Å². The Morgan fingerprint density at radius 2 is 1.76 bits per heavy atom. The molecule has 0 fully saturated rings. The fourth-order valence-electron chi connectivity index (χ4n) is 1.39.